The first-order chi connectivity index (χ1) is 8.33. The van der Waals surface area contributed by atoms with Crippen LogP contribution in [0.1, 0.15) is 44.1 Å². The predicted molar refractivity (Wildman–Crippen MR) is 70.2 cm³/mol. The minimum atomic E-state index is -0.189. The summed E-state index contributed by atoms with van der Waals surface area (Å²) in [6.45, 7) is 0.310. The maximum Gasteiger partial charge on any atom is 0.123 e. The van der Waals surface area contributed by atoms with Crippen molar-refractivity contribution in [1.29, 1.82) is 0 Å². The lowest BCUT2D eigenvalue weighted by Gasteiger charge is -1.97. The lowest BCUT2D eigenvalue weighted by molar-refractivity contribution is 0.282. The van der Waals surface area contributed by atoms with Crippen molar-refractivity contribution in [3.8, 4) is 0 Å². The van der Waals surface area contributed by atoms with E-state index >= 15 is 0 Å². The molecule has 1 aromatic rings. The first-order valence-corrected chi connectivity index (χ1v) is 6.36. The highest BCUT2D eigenvalue weighted by atomic mass is 19.1. The summed E-state index contributed by atoms with van der Waals surface area (Å²) in [7, 11) is 0. The minimum Gasteiger partial charge on any atom is -0.396 e. The molecule has 0 saturated carbocycles. The smallest absolute Gasteiger partial charge is 0.123 e. The largest absolute Gasteiger partial charge is 0.396 e. The zero-order chi connectivity index (χ0) is 12.3. The summed E-state index contributed by atoms with van der Waals surface area (Å²) in [6.07, 6.45) is 10.9. The van der Waals surface area contributed by atoms with E-state index in [1.54, 1.807) is 12.1 Å². The van der Waals surface area contributed by atoms with Crippen molar-refractivity contribution in [2.45, 2.75) is 38.5 Å². The van der Waals surface area contributed by atoms with Gasteiger partial charge in [-0.15, -0.1) is 0 Å². The zero-order valence-electron chi connectivity index (χ0n) is 10.2. The topological polar surface area (TPSA) is 20.2 Å². The van der Waals surface area contributed by atoms with E-state index in [1.165, 1.54) is 31.4 Å². The van der Waals surface area contributed by atoms with Crippen LogP contribution in [0, 0.1) is 5.82 Å². The number of hydrogen-bond acceptors (Lipinski definition) is 1. The van der Waals surface area contributed by atoms with Gasteiger partial charge in [-0.2, -0.15) is 0 Å². The number of aliphatic hydroxyl groups excluding tert-OH is 1. The summed E-state index contributed by atoms with van der Waals surface area (Å²) in [4.78, 5) is 0. The van der Waals surface area contributed by atoms with Gasteiger partial charge >= 0.3 is 0 Å². The Kier molecular flexibility index (Phi) is 7.32. The number of unbranched alkanes of at least 4 members (excludes halogenated alkanes) is 5. The summed E-state index contributed by atoms with van der Waals surface area (Å²) < 4.78 is 12.6. The number of aliphatic hydroxyl groups is 1. The summed E-state index contributed by atoms with van der Waals surface area (Å²) in [5.41, 5.74) is 1.05. The van der Waals surface area contributed by atoms with Gasteiger partial charge < -0.3 is 5.11 Å². The second-order valence-electron chi connectivity index (χ2n) is 4.23. The Labute approximate surface area is 103 Å². The molecule has 0 unspecified atom stereocenters. The van der Waals surface area contributed by atoms with Crippen LogP contribution >= 0.6 is 0 Å². The molecule has 0 atom stereocenters. The molecule has 0 aliphatic rings. The first-order valence-electron chi connectivity index (χ1n) is 6.36. The third kappa shape index (κ3) is 6.90. The van der Waals surface area contributed by atoms with E-state index in [0.717, 1.165) is 24.8 Å². The Morgan fingerprint density at radius 1 is 0.941 bits per heavy atom. The van der Waals surface area contributed by atoms with Crippen LogP contribution in [0.25, 0.3) is 6.08 Å². The van der Waals surface area contributed by atoms with Gasteiger partial charge in [0.2, 0.25) is 0 Å². The monoisotopic (exact) mass is 236 g/mol. The third-order valence-corrected chi connectivity index (χ3v) is 2.71. The van der Waals surface area contributed by atoms with Crippen molar-refractivity contribution in [2.75, 3.05) is 6.61 Å². The maximum absolute atomic E-state index is 12.6. The first kappa shape index (κ1) is 13.9. The average molecular weight is 236 g/mol. The number of allylic oxidation sites excluding steroid dienone is 1. The molecule has 1 rings (SSSR count). The number of benzene rings is 1. The second kappa shape index (κ2) is 8.94. The van der Waals surface area contributed by atoms with Crippen LogP contribution in [0.5, 0.6) is 0 Å². The molecule has 0 radical (unpaired) electrons. The number of halogens is 1. The van der Waals surface area contributed by atoms with E-state index in [4.69, 9.17) is 5.11 Å². The van der Waals surface area contributed by atoms with E-state index in [1.807, 2.05) is 6.08 Å². The lowest BCUT2D eigenvalue weighted by atomic mass is 10.1. The summed E-state index contributed by atoms with van der Waals surface area (Å²) in [5.74, 6) is -0.189. The molecule has 0 fully saturated rings. The van der Waals surface area contributed by atoms with E-state index in [-0.39, 0.29) is 5.82 Å². The molecule has 1 N–H and O–H groups in total. The van der Waals surface area contributed by atoms with Crippen LogP contribution in [0.2, 0.25) is 0 Å². The summed E-state index contributed by atoms with van der Waals surface area (Å²) in [5, 5.41) is 8.61. The van der Waals surface area contributed by atoms with Gasteiger partial charge in [0.1, 0.15) is 5.82 Å². The molecule has 1 aromatic carbocycles. The van der Waals surface area contributed by atoms with Gasteiger partial charge in [0.05, 0.1) is 0 Å². The van der Waals surface area contributed by atoms with Crippen LogP contribution in [-0.2, 0) is 0 Å². The predicted octanol–water partition coefficient (Wildman–Crippen LogP) is 4.17. The van der Waals surface area contributed by atoms with Gasteiger partial charge in [-0.05, 0) is 37.0 Å². The van der Waals surface area contributed by atoms with Gasteiger partial charge in [0.25, 0.3) is 0 Å². The van der Waals surface area contributed by atoms with Crippen LogP contribution in [-0.4, -0.2) is 11.7 Å². The molecular formula is C15H21FO. The average Bonchev–Trinajstić information content (AvgIpc) is 2.35. The van der Waals surface area contributed by atoms with Gasteiger partial charge in [-0.1, -0.05) is 43.5 Å². The Balaban J connectivity index is 2.08. The number of rotatable bonds is 8. The van der Waals surface area contributed by atoms with Crippen LogP contribution in [0.15, 0.2) is 30.3 Å². The van der Waals surface area contributed by atoms with E-state index in [2.05, 4.69) is 6.08 Å². The van der Waals surface area contributed by atoms with E-state index in [9.17, 15) is 4.39 Å². The minimum absolute atomic E-state index is 0.189. The normalized spacial score (nSPS) is 11.2. The highest BCUT2D eigenvalue weighted by molar-refractivity contribution is 5.48. The molecule has 0 aliphatic heterocycles. The highest BCUT2D eigenvalue weighted by Crippen LogP contribution is 2.08. The Hall–Kier alpha value is -1.15. The van der Waals surface area contributed by atoms with Gasteiger partial charge in [-0.3, -0.25) is 0 Å². The molecule has 0 heterocycles. The van der Waals surface area contributed by atoms with Crippen LogP contribution < -0.4 is 0 Å². The number of hydrogen-bond donors (Lipinski definition) is 1. The molecule has 17 heavy (non-hydrogen) atoms. The molecule has 2 heteroatoms. The summed E-state index contributed by atoms with van der Waals surface area (Å²) >= 11 is 0. The fourth-order valence-corrected chi connectivity index (χ4v) is 1.70. The lowest BCUT2D eigenvalue weighted by Crippen LogP contribution is -1.83. The van der Waals surface area contributed by atoms with Gasteiger partial charge in [-0.25, -0.2) is 4.39 Å². The quantitative estimate of drug-likeness (QED) is 0.671. The molecular weight excluding hydrogens is 215 g/mol. The van der Waals surface area contributed by atoms with Gasteiger partial charge in [0.15, 0.2) is 0 Å². The fraction of sp³-hybridized carbons (Fsp3) is 0.467. The molecule has 0 bridgehead atoms. The van der Waals surface area contributed by atoms with Crippen molar-refractivity contribution in [3.63, 3.8) is 0 Å². The Morgan fingerprint density at radius 3 is 2.29 bits per heavy atom. The van der Waals surface area contributed by atoms with Crippen LogP contribution in [0.4, 0.5) is 4.39 Å². The standard InChI is InChI=1S/C15H21FO/c16-15-11-9-14(10-12-15)8-6-4-2-1-3-5-7-13-17/h6,8-12,17H,1-5,7,13H2. The molecule has 0 amide bonds. The maximum atomic E-state index is 12.6. The summed E-state index contributed by atoms with van der Waals surface area (Å²) in [6, 6.07) is 6.53. The molecule has 0 spiro atoms. The van der Waals surface area contributed by atoms with Gasteiger partial charge in [0, 0.05) is 6.61 Å². The fourth-order valence-electron chi connectivity index (χ4n) is 1.70. The van der Waals surface area contributed by atoms with Crippen molar-refractivity contribution in [3.05, 3.63) is 41.7 Å². The molecule has 94 valence electrons. The Bertz CT molecular complexity index is 316. The zero-order valence-corrected chi connectivity index (χ0v) is 10.2. The molecule has 1 nitrogen and oxygen atoms in total. The van der Waals surface area contributed by atoms with Crippen molar-refractivity contribution in [2.24, 2.45) is 0 Å². The Morgan fingerprint density at radius 2 is 1.59 bits per heavy atom. The SMILES string of the molecule is OCCCCCCCC=Cc1ccc(F)cc1. The van der Waals surface area contributed by atoms with Crippen LogP contribution in [0.3, 0.4) is 0 Å². The molecule has 0 aliphatic carbocycles. The van der Waals surface area contributed by atoms with E-state index < -0.39 is 0 Å². The second-order valence-corrected chi connectivity index (χ2v) is 4.23. The third-order valence-electron chi connectivity index (χ3n) is 2.71. The van der Waals surface area contributed by atoms with E-state index in [0.29, 0.717) is 6.61 Å². The van der Waals surface area contributed by atoms with Crippen molar-refractivity contribution < 1.29 is 9.50 Å². The molecule has 0 aromatic heterocycles. The highest BCUT2D eigenvalue weighted by Gasteiger charge is 1.90. The molecule has 0 saturated heterocycles. The van der Waals surface area contributed by atoms with Crippen molar-refractivity contribution >= 4 is 6.08 Å². The van der Waals surface area contributed by atoms with Crippen molar-refractivity contribution in [1.82, 2.24) is 0 Å².